The molecule has 1 atom stereocenters. The fourth-order valence-electron chi connectivity index (χ4n) is 1.83. The fraction of sp³-hybridized carbons (Fsp3) is 0.455. The highest BCUT2D eigenvalue weighted by Gasteiger charge is 2.30. The van der Waals surface area contributed by atoms with Gasteiger partial charge in [-0.15, -0.1) is 0 Å². The Bertz CT molecular complexity index is 444. The number of nitrogens with zero attached hydrogens (tertiary/aromatic N) is 1. The number of urea groups is 1. The first-order chi connectivity index (χ1) is 8.10. The zero-order chi connectivity index (χ0) is 12.4. The van der Waals surface area contributed by atoms with Gasteiger partial charge in [0.2, 0.25) is 5.91 Å². The first-order valence-corrected chi connectivity index (χ1v) is 6.54. The van der Waals surface area contributed by atoms with E-state index in [1.165, 1.54) is 16.7 Å². The van der Waals surface area contributed by atoms with Crippen LogP contribution in [0.25, 0.3) is 0 Å². The Hall–Kier alpha value is -1.43. The number of carbonyl (C=O) groups is 2. The van der Waals surface area contributed by atoms with Crippen molar-refractivity contribution in [3.8, 4) is 0 Å². The molecule has 0 radical (unpaired) electrons. The second-order valence-corrected chi connectivity index (χ2v) is 4.82. The Kier molecular flexibility index (Phi) is 3.42. The highest BCUT2D eigenvalue weighted by Crippen LogP contribution is 2.20. The van der Waals surface area contributed by atoms with Gasteiger partial charge in [-0.2, -0.15) is 0 Å². The third-order valence-corrected chi connectivity index (χ3v) is 3.33. The van der Waals surface area contributed by atoms with Crippen LogP contribution in [0, 0.1) is 0 Å². The van der Waals surface area contributed by atoms with Crippen molar-refractivity contribution < 1.29 is 14.0 Å². The van der Waals surface area contributed by atoms with Gasteiger partial charge in [-0.25, -0.2) is 4.79 Å². The van der Waals surface area contributed by atoms with E-state index >= 15 is 0 Å². The SMILES string of the molecule is CSc1cc(CC(C)N2CC(=O)NC2=O)co1. The molecular formula is C11H14N2O3S. The van der Waals surface area contributed by atoms with Gasteiger partial charge in [-0.1, -0.05) is 11.8 Å². The number of furan rings is 1. The molecule has 1 fully saturated rings. The molecule has 0 bridgehead atoms. The van der Waals surface area contributed by atoms with Crippen LogP contribution in [0.2, 0.25) is 0 Å². The van der Waals surface area contributed by atoms with Crippen molar-refractivity contribution >= 4 is 23.7 Å². The van der Waals surface area contributed by atoms with E-state index in [0.29, 0.717) is 6.42 Å². The number of imide groups is 1. The molecule has 1 aromatic rings. The lowest BCUT2D eigenvalue weighted by Gasteiger charge is -2.21. The van der Waals surface area contributed by atoms with Gasteiger partial charge < -0.3 is 9.32 Å². The highest BCUT2D eigenvalue weighted by molar-refractivity contribution is 7.98. The van der Waals surface area contributed by atoms with Crippen molar-refractivity contribution in [3.63, 3.8) is 0 Å². The monoisotopic (exact) mass is 254 g/mol. The van der Waals surface area contributed by atoms with Crippen LogP contribution in [0.1, 0.15) is 12.5 Å². The number of amides is 3. The van der Waals surface area contributed by atoms with Crippen molar-refractivity contribution in [2.24, 2.45) is 0 Å². The molecule has 6 heteroatoms. The van der Waals surface area contributed by atoms with Crippen LogP contribution in [0.15, 0.2) is 21.8 Å². The quantitative estimate of drug-likeness (QED) is 0.653. The summed E-state index contributed by atoms with van der Waals surface area (Å²) >= 11 is 1.54. The molecule has 2 heterocycles. The molecule has 1 N–H and O–H groups in total. The Morgan fingerprint density at radius 2 is 2.35 bits per heavy atom. The maximum atomic E-state index is 11.4. The summed E-state index contributed by atoms with van der Waals surface area (Å²) in [6.07, 6.45) is 4.32. The van der Waals surface area contributed by atoms with E-state index in [1.807, 2.05) is 19.2 Å². The van der Waals surface area contributed by atoms with Crippen LogP contribution >= 0.6 is 11.8 Å². The van der Waals surface area contributed by atoms with Gasteiger partial charge in [0.15, 0.2) is 5.09 Å². The molecule has 92 valence electrons. The lowest BCUT2D eigenvalue weighted by Crippen LogP contribution is -2.37. The van der Waals surface area contributed by atoms with Gasteiger partial charge in [0.1, 0.15) is 6.54 Å². The number of rotatable bonds is 4. The zero-order valence-electron chi connectivity index (χ0n) is 9.73. The Labute approximate surface area is 104 Å². The lowest BCUT2D eigenvalue weighted by molar-refractivity contribution is -0.118. The zero-order valence-corrected chi connectivity index (χ0v) is 10.5. The smallest absolute Gasteiger partial charge is 0.324 e. The van der Waals surface area contributed by atoms with Crippen LogP contribution in [-0.2, 0) is 11.2 Å². The number of nitrogens with one attached hydrogen (secondary N) is 1. The fourth-order valence-corrected chi connectivity index (χ4v) is 2.25. The lowest BCUT2D eigenvalue weighted by atomic mass is 10.1. The molecule has 5 nitrogen and oxygen atoms in total. The third-order valence-electron chi connectivity index (χ3n) is 2.72. The van der Waals surface area contributed by atoms with Gasteiger partial charge in [0, 0.05) is 6.04 Å². The van der Waals surface area contributed by atoms with Gasteiger partial charge in [0.05, 0.1) is 6.26 Å². The minimum absolute atomic E-state index is 0.0197. The van der Waals surface area contributed by atoms with Gasteiger partial charge in [-0.05, 0) is 31.2 Å². The van der Waals surface area contributed by atoms with Crippen molar-refractivity contribution in [3.05, 3.63) is 17.9 Å². The normalized spacial score (nSPS) is 17.4. The third kappa shape index (κ3) is 2.63. The van der Waals surface area contributed by atoms with E-state index in [-0.39, 0.29) is 24.5 Å². The summed E-state index contributed by atoms with van der Waals surface area (Å²) in [5.41, 5.74) is 1.04. The molecule has 0 saturated carbocycles. The Balaban J connectivity index is 1.99. The van der Waals surface area contributed by atoms with Gasteiger partial charge in [0.25, 0.3) is 0 Å². The van der Waals surface area contributed by atoms with Crippen molar-refractivity contribution in [2.45, 2.75) is 24.5 Å². The van der Waals surface area contributed by atoms with Crippen LogP contribution < -0.4 is 5.32 Å². The van der Waals surface area contributed by atoms with Crippen molar-refractivity contribution in [1.29, 1.82) is 0 Å². The molecule has 1 saturated heterocycles. The second-order valence-electron chi connectivity index (χ2n) is 4.01. The number of carbonyl (C=O) groups excluding carboxylic acids is 2. The van der Waals surface area contributed by atoms with E-state index in [0.717, 1.165) is 10.7 Å². The summed E-state index contributed by atoms with van der Waals surface area (Å²) in [5.74, 6) is -0.237. The molecular weight excluding hydrogens is 240 g/mol. The molecule has 0 aliphatic carbocycles. The van der Waals surface area contributed by atoms with E-state index in [9.17, 15) is 9.59 Å². The Morgan fingerprint density at radius 1 is 1.59 bits per heavy atom. The molecule has 1 aliphatic heterocycles. The molecule has 1 aromatic heterocycles. The summed E-state index contributed by atoms with van der Waals surface area (Å²) in [4.78, 5) is 24.1. The Morgan fingerprint density at radius 3 is 2.88 bits per heavy atom. The van der Waals surface area contributed by atoms with Gasteiger partial charge in [-0.3, -0.25) is 10.1 Å². The van der Waals surface area contributed by atoms with E-state index in [1.54, 1.807) is 6.26 Å². The van der Waals surface area contributed by atoms with E-state index < -0.39 is 0 Å². The van der Waals surface area contributed by atoms with Crippen LogP contribution in [0.4, 0.5) is 4.79 Å². The average Bonchev–Trinajstić information content (AvgIpc) is 2.85. The van der Waals surface area contributed by atoms with Crippen LogP contribution in [0.5, 0.6) is 0 Å². The van der Waals surface area contributed by atoms with Crippen LogP contribution in [0.3, 0.4) is 0 Å². The van der Waals surface area contributed by atoms with Crippen molar-refractivity contribution in [1.82, 2.24) is 10.2 Å². The van der Waals surface area contributed by atoms with Crippen LogP contribution in [-0.4, -0.2) is 35.7 Å². The standard InChI is InChI=1S/C11H14N2O3S/c1-7(13-5-9(14)12-11(13)15)3-8-4-10(17-2)16-6-8/h4,6-7H,3,5H2,1-2H3,(H,12,14,15). The molecule has 1 unspecified atom stereocenters. The molecule has 0 aromatic carbocycles. The minimum atomic E-state index is -0.309. The topological polar surface area (TPSA) is 62.6 Å². The largest absolute Gasteiger partial charge is 0.458 e. The molecule has 0 spiro atoms. The predicted octanol–water partition coefficient (Wildman–Crippen LogP) is 1.48. The van der Waals surface area contributed by atoms with Crippen molar-refractivity contribution in [2.75, 3.05) is 12.8 Å². The number of hydrogen-bond acceptors (Lipinski definition) is 4. The molecule has 2 rings (SSSR count). The predicted molar refractivity (Wildman–Crippen MR) is 63.9 cm³/mol. The maximum absolute atomic E-state index is 11.4. The highest BCUT2D eigenvalue weighted by atomic mass is 32.2. The summed E-state index contributed by atoms with van der Waals surface area (Å²) < 4.78 is 5.30. The van der Waals surface area contributed by atoms with E-state index in [2.05, 4.69) is 5.32 Å². The first kappa shape index (κ1) is 12.0. The second kappa shape index (κ2) is 4.83. The summed E-state index contributed by atoms with van der Waals surface area (Å²) in [5, 5.41) is 3.13. The summed E-state index contributed by atoms with van der Waals surface area (Å²) in [6, 6.07) is 1.63. The number of thioether (sulfide) groups is 1. The van der Waals surface area contributed by atoms with Gasteiger partial charge >= 0.3 is 6.03 Å². The maximum Gasteiger partial charge on any atom is 0.324 e. The minimum Gasteiger partial charge on any atom is -0.458 e. The summed E-state index contributed by atoms with van der Waals surface area (Å²) in [7, 11) is 0. The number of hydrogen-bond donors (Lipinski definition) is 1. The molecule has 17 heavy (non-hydrogen) atoms. The van der Waals surface area contributed by atoms with E-state index in [4.69, 9.17) is 4.42 Å². The first-order valence-electron chi connectivity index (χ1n) is 5.32. The summed E-state index contributed by atoms with van der Waals surface area (Å²) in [6.45, 7) is 2.07. The molecule has 3 amide bonds. The average molecular weight is 254 g/mol. The molecule has 1 aliphatic rings.